The summed E-state index contributed by atoms with van der Waals surface area (Å²) < 4.78 is 0. The summed E-state index contributed by atoms with van der Waals surface area (Å²) in [6.45, 7) is 3.34. The molecular formula is C18H37N. The molecule has 0 amide bonds. The van der Waals surface area contributed by atoms with Crippen LogP contribution in [-0.2, 0) is 0 Å². The van der Waals surface area contributed by atoms with E-state index in [-0.39, 0.29) is 0 Å². The average molecular weight is 268 g/mol. The van der Waals surface area contributed by atoms with Crippen molar-refractivity contribution in [2.45, 2.75) is 96.8 Å². The Morgan fingerprint density at radius 3 is 1.68 bits per heavy atom. The smallest absolute Gasteiger partial charge is 0.00746 e. The number of hydrogen-bond donors (Lipinski definition) is 1. The molecule has 1 aliphatic carbocycles. The molecule has 0 bridgehead atoms. The van der Waals surface area contributed by atoms with Crippen LogP contribution in [0.4, 0.5) is 0 Å². The predicted octanol–water partition coefficient (Wildman–Crippen LogP) is 5.67. The SMILES string of the molecule is CC1CCCCCCCCCC(CCN)CCCC1. The van der Waals surface area contributed by atoms with Gasteiger partial charge in [0.1, 0.15) is 0 Å². The van der Waals surface area contributed by atoms with Crippen LogP contribution in [0.2, 0.25) is 0 Å². The van der Waals surface area contributed by atoms with Crippen molar-refractivity contribution in [1.29, 1.82) is 0 Å². The summed E-state index contributed by atoms with van der Waals surface area (Å²) in [6.07, 6.45) is 20.2. The normalized spacial score (nSPS) is 29.4. The molecule has 0 saturated heterocycles. The Labute approximate surface area is 121 Å². The van der Waals surface area contributed by atoms with Crippen molar-refractivity contribution >= 4 is 0 Å². The molecule has 19 heavy (non-hydrogen) atoms. The van der Waals surface area contributed by atoms with Gasteiger partial charge < -0.3 is 5.73 Å². The van der Waals surface area contributed by atoms with E-state index in [0.717, 1.165) is 18.4 Å². The van der Waals surface area contributed by atoms with Crippen LogP contribution in [0.1, 0.15) is 96.8 Å². The second-order valence-electron chi connectivity index (χ2n) is 6.89. The first-order chi connectivity index (χ1) is 9.33. The van der Waals surface area contributed by atoms with Crippen LogP contribution in [0.5, 0.6) is 0 Å². The van der Waals surface area contributed by atoms with E-state index in [1.165, 1.54) is 89.9 Å². The van der Waals surface area contributed by atoms with Crippen LogP contribution in [0, 0.1) is 11.8 Å². The zero-order valence-corrected chi connectivity index (χ0v) is 13.3. The zero-order valence-electron chi connectivity index (χ0n) is 13.3. The molecular weight excluding hydrogens is 230 g/mol. The van der Waals surface area contributed by atoms with E-state index in [2.05, 4.69) is 6.92 Å². The van der Waals surface area contributed by atoms with Gasteiger partial charge in [-0.3, -0.25) is 0 Å². The fraction of sp³-hybridized carbons (Fsp3) is 1.00. The van der Waals surface area contributed by atoms with E-state index in [4.69, 9.17) is 5.73 Å². The molecule has 0 heterocycles. The highest BCUT2D eigenvalue weighted by molar-refractivity contribution is 4.63. The first kappa shape index (κ1) is 17.0. The lowest BCUT2D eigenvalue weighted by atomic mass is 9.90. The van der Waals surface area contributed by atoms with Gasteiger partial charge in [-0.2, -0.15) is 0 Å². The van der Waals surface area contributed by atoms with E-state index in [9.17, 15) is 0 Å². The average Bonchev–Trinajstić information content (AvgIpc) is 2.41. The summed E-state index contributed by atoms with van der Waals surface area (Å²) in [5.74, 6) is 1.88. The maximum absolute atomic E-state index is 5.76. The minimum Gasteiger partial charge on any atom is -0.330 e. The lowest BCUT2D eigenvalue weighted by molar-refractivity contribution is 0.375. The summed E-state index contributed by atoms with van der Waals surface area (Å²) in [5.41, 5.74) is 5.76. The van der Waals surface area contributed by atoms with Crippen molar-refractivity contribution in [3.63, 3.8) is 0 Å². The molecule has 1 saturated carbocycles. The molecule has 1 heteroatoms. The van der Waals surface area contributed by atoms with Crippen LogP contribution < -0.4 is 5.73 Å². The van der Waals surface area contributed by atoms with Gasteiger partial charge in [0.2, 0.25) is 0 Å². The van der Waals surface area contributed by atoms with Crippen molar-refractivity contribution in [1.82, 2.24) is 0 Å². The van der Waals surface area contributed by atoms with Crippen molar-refractivity contribution in [3.05, 3.63) is 0 Å². The van der Waals surface area contributed by atoms with Gasteiger partial charge in [-0.15, -0.1) is 0 Å². The van der Waals surface area contributed by atoms with E-state index < -0.39 is 0 Å². The molecule has 2 unspecified atom stereocenters. The van der Waals surface area contributed by atoms with Gasteiger partial charge in [-0.05, 0) is 24.8 Å². The summed E-state index contributed by atoms with van der Waals surface area (Å²) >= 11 is 0. The second-order valence-corrected chi connectivity index (χ2v) is 6.89. The molecule has 0 aliphatic heterocycles. The van der Waals surface area contributed by atoms with Crippen LogP contribution in [0.3, 0.4) is 0 Å². The van der Waals surface area contributed by atoms with Gasteiger partial charge in [0, 0.05) is 0 Å². The molecule has 1 nitrogen and oxygen atoms in total. The lowest BCUT2D eigenvalue weighted by Crippen LogP contribution is -2.09. The van der Waals surface area contributed by atoms with E-state index in [1.54, 1.807) is 0 Å². The number of rotatable bonds is 2. The molecule has 0 spiro atoms. The summed E-state index contributed by atoms with van der Waals surface area (Å²) in [7, 11) is 0. The third-order valence-corrected chi connectivity index (χ3v) is 4.94. The van der Waals surface area contributed by atoms with E-state index >= 15 is 0 Å². The molecule has 0 aromatic rings. The minimum atomic E-state index is 0.890. The largest absolute Gasteiger partial charge is 0.330 e. The second kappa shape index (κ2) is 11.8. The van der Waals surface area contributed by atoms with Crippen LogP contribution in [-0.4, -0.2) is 6.54 Å². The molecule has 114 valence electrons. The number of nitrogens with two attached hydrogens (primary N) is 1. The van der Waals surface area contributed by atoms with Gasteiger partial charge >= 0.3 is 0 Å². The Kier molecular flexibility index (Phi) is 10.5. The van der Waals surface area contributed by atoms with Crippen molar-refractivity contribution < 1.29 is 0 Å². The molecule has 1 rings (SSSR count). The van der Waals surface area contributed by atoms with Gasteiger partial charge in [-0.25, -0.2) is 0 Å². The molecule has 2 atom stereocenters. The monoisotopic (exact) mass is 267 g/mol. The molecule has 1 aliphatic rings. The van der Waals surface area contributed by atoms with Gasteiger partial charge in [0.25, 0.3) is 0 Å². The first-order valence-electron chi connectivity index (χ1n) is 9.03. The fourth-order valence-corrected chi connectivity index (χ4v) is 3.55. The van der Waals surface area contributed by atoms with E-state index in [1.807, 2.05) is 0 Å². The Morgan fingerprint density at radius 1 is 0.684 bits per heavy atom. The number of hydrogen-bond acceptors (Lipinski definition) is 1. The summed E-state index contributed by atoms with van der Waals surface area (Å²) in [4.78, 5) is 0. The topological polar surface area (TPSA) is 26.0 Å². The Balaban J connectivity index is 2.28. The molecule has 1 fully saturated rings. The zero-order chi connectivity index (χ0) is 13.8. The van der Waals surface area contributed by atoms with Gasteiger partial charge in [0.05, 0.1) is 0 Å². The van der Waals surface area contributed by atoms with E-state index in [0.29, 0.717) is 0 Å². The maximum atomic E-state index is 5.76. The van der Waals surface area contributed by atoms with Crippen LogP contribution in [0.15, 0.2) is 0 Å². The third-order valence-electron chi connectivity index (χ3n) is 4.94. The van der Waals surface area contributed by atoms with Gasteiger partial charge in [0.15, 0.2) is 0 Å². The highest BCUT2D eigenvalue weighted by Crippen LogP contribution is 2.24. The quantitative estimate of drug-likeness (QED) is 0.685. The van der Waals surface area contributed by atoms with Gasteiger partial charge in [-0.1, -0.05) is 90.4 Å². The lowest BCUT2D eigenvalue weighted by Gasteiger charge is -2.16. The molecule has 0 aromatic heterocycles. The van der Waals surface area contributed by atoms with Crippen LogP contribution in [0.25, 0.3) is 0 Å². The third kappa shape index (κ3) is 9.49. The fourth-order valence-electron chi connectivity index (χ4n) is 3.55. The molecule has 0 aromatic carbocycles. The minimum absolute atomic E-state index is 0.890. The summed E-state index contributed by atoms with van der Waals surface area (Å²) in [5, 5.41) is 0. The molecule has 2 N–H and O–H groups in total. The predicted molar refractivity (Wildman–Crippen MR) is 86.3 cm³/mol. The highest BCUT2D eigenvalue weighted by Gasteiger charge is 2.09. The first-order valence-corrected chi connectivity index (χ1v) is 9.03. The maximum Gasteiger partial charge on any atom is -0.00746 e. The van der Waals surface area contributed by atoms with Crippen molar-refractivity contribution in [2.24, 2.45) is 17.6 Å². The van der Waals surface area contributed by atoms with Crippen molar-refractivity contribution in [3.8, 4) is 0 Å². The Bertz CT molecular complexity index is 190. The Morgan fingerprint density at radius 2 is 1.11 bits per heavy atom. The van der Waals surface area contributed by atoms with Crippen LogP contribution >= 0.6 is 0 Å². The Hall–Kier alpha value is -0.0400. The summed E-state index contributed by atoms with van der Waals surface area (Å²) in [6, 6.07) is 0. The highest BCUT2D eigenvalue weighted by atomic mass is 14.5. The van der Waals surface area contributed by atoms with Crippen molar-refractivity contribution in [2.75, 3.05) is 6.54 Å². The molecule has 0 radical (unpaired) electrons. The standard InChI is InChI=1S/C18H37N/c1-17-11-7-5-3-2-4-6-8-13-18(15-16-19)14-10-9-12-17/h17-18H,2-16,19H2,1H3.